The first-order valence-corrected chi connectivity index (χ1v) is 9.13. The van der Waals surface area contributed by atoms with Crippen LogP contribution < -0.4 is 10.6 Å². The molecule has 1 aliphatic carbocycles. The highest BCUT2D eigenvalue weighted by molar-refractivity contribution is 4.80. The summed E-state index contributed by atoms with van der Waals surface area (Å²) in [6.45, 7) is 7.61. The molecule has 1 saturated carbocycles. The van der Waals surface area contributed by atoms with Gasteiger partial charge >= 0.3 is 0 Å². The fourth-order valence-electron chi connectivity index (χ4n) is 3.05. The molecule has 21 heavy (non-hydrogen) atoms. The number of hydrogen-bond donors (Lipinski definition) is 2. The maximum atomic E-state index is 14.1. The van der Waals surface area contributed by atoms with E-state index in [-0.39, 0.29) is 6.04 Å². The molecule has 0 spiro atoms. The highest BCUT2D eigenvalue weighted by Crippen LogP contribution is 2.34. The zero-order valence-electron chi connectivity index (χ0n) is 14.6. The van der Waals surface area contributed by atoms with E-state index in [1.54, 1.807) is 0 Å². The second-order valence-electron chi connectivity index (χ2n) is 7.07. The molecule has 0 radical (unpaired) electrons. The Morgan fingerprint density at radius 1 is 1.14 bits per heavy atom. The van der Waals surface area contributed by atoms with Gasteiger partial charge < -0.3 is 10.6 Å². The van der Waals surface area contributed by atoms with Gasteiger partial charge in [-0.3, -0.25) is 0 Å². The topological polar surface area (TPSA) is 24.1 Å². The molecule has 0 saturated heterocycles. The van der Waals surface area contributed by atoms with Gasteiger partial charge in [0, 0.05) is 12.1 Å². The van der Waals surface area contributed by atoms with Crippen LogP contribution >= 0.6 is 0 Å². The molecule has 0 heterocycles. The largest absolute Gasteiger partial charge is 0.317 e. The van der Waals surface area contributed by atoms with Crippen LogP contribution in [-0.4, -0.2) is 31.8 Å². The summed E-state index contributed by atoms with van der Waals surface area (Å²) in [5.74, 6) is 1.65. The zero-order valence-corrected chi connectivity index (χ0v) is 14.6. The van der Waals surface area contributed by atoms with Gasteiger partial charge in [0.2, 0.25) is 0 Å². The van der Waals surface area contributed by atoms with Crippen LogP contribution in [-0.2, 0) is 0 Å². The van der Waals surface area contributed by atoms with E-state index in [1.165, 1.54) is 32.1 Å². The molecule has 126 valence electrons. The molecule has 1 aliphatic rings. The molecule has 2 nitrogen and oxygen atoms in total. The predicted molar refractivity (Wildman–Crippen MR) is 90.5 cm³/mol. The number of nitrogens with one attached hydrogen (secondary N) is 2. The molecule has 3 atom stereocenters. The standard InChI is InChI=1S/C18H37FN2/c1-5-15(6-2)13-21-14(3)11-17(19)9-10-18(20-4)12-16-7-8-16/h14-18,20-21H,5-13H2,1-4H3. The summed E-state index contributed by atoms with van der Waals surface area (Å²) in [4.78, 5) is 0. The molecular formula is C18H37FN2. The Labute approximate surface area is 131 Å². The first-order valence-electron chi connectivity index (χ1n) is 9.13. The highest BCUT2D eigenvalue weighted by atomic mass is 19.1. The first-order chi connectivity index (χ1) is 10.1. The Morgan fingerprint density at radius 2 is 1.81 bits per heavy atom. The summed E-state index contributed by atoms with van der Waals surface area (Å²) in [6, 6.07) is 0.806. The number of halogens is 1. The summed E-state index contributed by atoms with van der Waals surface area (Å²) in [5, 5.41) is 6.86. The number of alkyl halides is 1. The minimum absolute atomic E-state index is 0.289. The lowest BCUT2D eigenvalue weighted by Crippen LogP contribution is -2.33. The third kappa shape index (κ3) is 8.77. The van der Waals surface area contributed by atoms with Crippen LogP contribution in [0, 0.1) is 11.8 Å². The lowest BCUT2D eigenvalue weighted by molar-refractivity contribution is 0.248. The number of hydrogen-bond acceptors (Lipinski definition) is 2. The molecule has 0 amide bonds. The first kappa shape index (κ1) is 18.9. The Balaban J connectivity index is 2.11. The van der Waals surface area contributed by atoms with E-state index in [0.717, 1.165) is 24.8 Å². The van der Waals surface area contributed by atoms with Crippen LogP contribution in [0.2, 0.25) is 0 Å². The molecule has 1 rings (SSSR count). The van der Waals surface area contributed by atoms with Crippen molar-refractivity contribution in [2.75, 3.05) is 13.6 Å². The van der Waals surface area contributed by atoms with E-state index in [2.05, 4.69) is 31.4 Å². The van der Waals surface area contributed by atoms with Gasteiger partial charge in [0.1, 0.15) is 6.17 Å². The molecule has 3 unspecified atom stereocenters. The van der Waals surface area contributed by atoms with Crippen molar-refractivity contribution >= 4 is 0 Å². The zero-order chi connectivity index (χ0) is 15.7. The second-order valence-corrected chi connectivity index (χ2v) is 7.07. The van der Waals surface area contributed by atoms with Crippen molar-refractivity contribution in [1.29, 1.82) is 0 Å². The average molecular weight is 301 g/mol. The molecule has 0 aliphatic heterocycles. The van der Waals surface area contributed by atoms with Gasteiger partial charge in [-0.05, 0) is 58.0 Å². The van der Waals surface area contributed by atoms with Gasteiger partial charge in [0.05, 0.1) is 0 Å². The van der Waals surface area contributed by atoms with Crippen molar-refractivity contribution < 1.29 is 4.39 Å². The summed E-state index contributed by atoms with van der Waals surface area (Å²) in [7, 11) is 2.01. The number of rotatable bonds is 13. The Morgan fingerprint density at radius 3 is 2.33 bits per heavy atom. The van der Waals surface area contributed by atoms with E-state index in [4.69, 9.17) is 0 Å². The molecule has 0 aromatic heterocycles. The Hall–Kier alpha value is -0.150. The molecule has 0 bridgehead atoms. The summed E-state index contributed by atoms with van der Waals surface area (Å²) in [6.07, 6.45) is 8.10. The molecule has 1 fully saturated rings. The van der Waals surface area contributed by atoms with E-state index in [0.29, 0.717) is 18.9 Å². The van der Waals surface area contributed by atoms with E-state index < -0.39 is 6.17 Å². The molecule has 0 aromatic carbocycles. The van der Waals surface area contributed by atoms with Crippen molar-refractivity contribution in [2.24, 2.45) is 11.8 Å². The van der Waals surface area contributed by atoms with Gasteiger partial charge in [0.15, 0.2) is 0 Å². The van der Waals surface area contributed by atoms with E-state index in [9.17, 15) is 4.39 Å². The van der Waals surface area contributed by atoms with Crippen molar-refractivity contribution in [1.82, 2.24) is 10.6 Å². The van der Waals surface area contributed by atoms with Crippen LogP contribution in [0.3, 0.4) is 0 Å². The van der Waals surface area contributed by atoms with E-state index >= 15 is 0 Å². The van der Waals surface area contributed by atoms with Crippen LogP contribution in [0.1, 0.15) is 72.1 Å². The summed E-state index contributed by atoms with van der Waals surface area (Å²) >= 11 is 0. The fourth-order valence-corrected chi connectivity index (χ4v) is 3.05. The smallest absolute Gasteiger partial charge is 0.102 e. The lowest BCUT2D eigenvalue weighted by atomic mass is 9.99. The van der Waals surface area contributed by atoms with Crippen LogP contribution in [0.15, 0.2) is 0 Å². The Bertz CT molecular complexity index is 252. The van der Waals surface area contributed by atoms with Gasteiger partial charge in [-0.2, -0.15) is 0 Å². The van der Waals surface area contributed by atoms with Gasteiger partial charge in [-0.25, -0.2) is 4.39 Å². The SMILES string of the molecule is CCC(CC)CNC(C)CC(F)CCC(CC1CC1)NC. The minimum atomic E-state index is -0.663. The molecule has 0 aromatic rings. The van der Waals surface area contributed by atoms with Crippen molar-refractivity contribution in [3.63, 3.8) is 0 Å². The molecule has 3 heteroatoms. The monoisotopic (exact) mass is 300 g/mol. The van der Waals surface area contributed by atoms with Gasteiger partial charge in [-0.1, -0.05) is 39.5 Å². The maximum Gasteiger partial charge on any atom is 0.102 e. The van der Waals surface area contributed by atoms with Gasteiger partial charge in [0.25, 0.3) is 0 Å². The third-order valence-electron chi connectivity index (χ3n) is 5.07. The third-order valence-corrected chi connectivity index (χ3v) is 5.07. The average Bonchev–Trinajstić information content (AvgIpc) is 3.28. The summed E-state index contributed by atoms with van der Waals surface area (Å²) in [5.41, 5.74) is 0. The van der Waals surface area contributed by atoms with Crippen LogP contribution in [0.5, 0.6) is 0 Å². The van der Waals surface area contributed by atoms with Crippen LogP contribution in [0.25, 0.3) is 0 Å². The second kappa shape index (κ2) is 10.6. The summed E-state index contributed by atoms with van der Waals surface area (Å²) < 4.78 is 14.1. The van der Waals surface area contributed by atoms with Crippen molar-refractivity contribution in [3.8, 4) is 0 Å². The molecular weight excluding hydrogens is 263 g/mol. The quantitative estimate of drug-likeness (QED) is 0.530. The minimum Gasteiger partial charge on any atom is -0.317 e. The Kier molecular flexibility index (Phi) is 9.50. The van der Waals surface area contributed by atoms with Crippen molar-refractivity contribution in [3.05, 3.63) is 0 Å². The molecule has 2 N–H and O–H groups in total. The van der Waals surface area contributed by atoms with Gasteiger partial charge in [-0.15, -0.1) is 0 Å². The maximum absolute atomic E-state index is 14.1. The van der Waals surface area contributed by atoms with Crippen LogP contribution in [0.4, 0.5) is 4.39 Å². The predicted octanol–water partition coefficient (Wildman–Crippen LogP) is 4.30. The van der Waals surface area contributed by atoms with Crippen molar-refractivity contribution in [2.45, 2.75) is 90.4 Å². The lowest BCUT2D eigenvalue weighted by Gasteiger charge is -2.21. The normalized spacial score (nSPS) is 19.7. The van der Waals surface area contributed by atoms with E-state index in [1.807, 2.05) is 7.05 Å². The highest BCUT2D eigenvalue weighted by Gasteiger charge is 2.25. The fraction of sp³-hybridized carbons (Fsp3) is 1.00.